The van der Waals surface area contributed by atoms with E-state index in [0.29, 0.717) is 7.18 Å². The van der Waals surface area contributed by atoms with Crippen LogP contribution in [0.4, 0.5) is 4.39 Å². The zero-order valence-corrected chi connectivity index (χ0v) is 7.82. The molecule has 0 spiro atoms. The zero-order valence-electron chi connectivity index (χ0n) is 7.82. The lowest BCUT2D eigenvalue weighted by Gasteiger charge is -1.90. The maximum atomic E-state index is 9.50. The van der Waals surface area contributed by atoms with Crippen molar-refractivity contribution in [1.82, 2.24) is 0 Å². The van der Waals surface area contributed by atoms with Gasteiger partial charge in [-0.25, -0.2) is 0 Å². The quantitative estimate of drug-likeness (QED) is 0.535. The summed E-state index contributed by atoms with van der Waals surface area (Å²) >= 11 is 0. The molecular weight excluding hydrogens is 139 g/mol. The molecule has 0 aliphatic heterocycles. The van der Waals surface area contributed by atoms with Gasteiger partial charge in [-0.05, 0) is 20.8 Å². The normalized spacial score (nSPS) is 11.7. The highest BCUT2D eigenvalue weighted by Gasteiger charge is 1.79. The third kappa shape index (κ3) is 9.15. The van der Waals surface area contributed by atoms with Crippen molar-refractivity contribution in [1.29, 1.82) is 0 Å². The van der Waals surface area contributed by atoms with E-state index in [1.54, 1.807) is 0 Å². The van der Waals surface area contributed by atoms with E-state index >= 15 is 0 Å². The summed E-state index contributed by atoms with van der Waals surface area (Å²) in [6, 6.07) is 0. The lowest BCUT2D eigenvalue weighted by Crippen LogP contribution is -1.69. The van der Waals surface area contributed by atoms with Gasteiger partial charge in [0.25, 0.3) is 0 Å². The van der Waals surface area contributed by atoms with Crippen molar-refractivity contribution >= 4 is 0 Å². The van der Waals surface area contributed by atoms with Gasteiger partial charge < -0.3 is 0 Å². The van der Waals surface area contributed by atoms with Crippen LogP contribution in [0.1, 0.15) is 20.8 Å². The van der Waals surface area contributed by atoms with E-state index in [4.69, 9.17) is 0 Å². The SMILES string of the molecule is C=C/C(C)=C\C(C)=C/C.CF. The predicted molar refractivity (Wildman–Crippen MR) is 50.4 cm³/mol. The average Bonchev–Trinajstić information content (AvgIpc) is 2.07. The minimum Gasteiger partial charge on any atom is -0.255 e. The molecule has 64 valence electrons. The van der Waals surface area contributed by atoms with Crippen LogP contribution < -0.4 is 0 Å². The van der Waals surface area contributed by atoms with Gasteiger partial charge in [0.1, 0.15) is 0 Å². The Hall–Kier alpha value is -0.850. The van der Waals surface area contributed by atoms with Crippen molar-refractivity contribution in [3.63, 3.8) is 0 Å². The third-order valence-electron chi connectivity index (χ3n) is 1.23. The molecule has 0 heterocycles. The molecule has 0 amide bonds. The molecule has 0 aromatic rings. The lowest BCUT2D eigenvalue weighted by atomic mass is 10.2. The molecule has 0 aromatic heterocycles. The van der Waals surface area contributed by atoms with Gasteiger partial charge >= 0.3 is 0 Å². The molecule has 0 radical (unpaired) electrons. The molecule has 0 bridgehead atoms. The molecule has 0 atom stereocenters. The first-order valence-electron chi connectivity index (χ1n) is 3.52. The Kier molecular flexibility index (Phi) is 10.6. The summed E-state index contributed by atoms with van der Waals surface area (Å²) in [4.78, 5) is 0. The van der Waals surface area contributed by atoms with E-state index in [2.05, 4.69) is 25.7 Å². The molecular formula is C10H17F. The fourth-order valence-electron chi connectivity index (χ4n) is 0.501. The van der Waals surface area contributed by atoms with Gasteiger partial charge in [0.2, 0.25) is 0 Å². The lowest BCUT2D eigenvalue weighted by molar-refractivity contribution is 0.636. The van der Waals surface area contributed by atoms with Gasteiger partial charge in [-0.2, -0.15) is 0 Å². The Morgan fingerprint density at radius 3 is 1.91 bits per heavy atom. The summed E-state index contributed by atoms with van der Waals surface area (Å²) in [7, 11) is 0.500. The van der Waals surface area contributed by atoms with Gasteiger partial charge in [-0.15, -0.1) is 0 Å². The van der Waals surface area contributed by atoms with Crippen LogP contribution in [0.5, 0.6) is 0 Å². The van der Waals surface area contributed by atoms with Crippen LogP contribution in [0.15, 0.2) is 36.0 Å². The summed E-state index contributed by atoms with van der Waals surface area (Å²) in [5.74, 6) is 0. The minimum absolute atomic E-state index is 0.500. The van der Waals surface area contributed by atoms with Crippen LogP contribution in [0.25, 0.3) is 0 Å². The minimum atomic E-state index is 0.500. The monoisotopic (exact) mass is 156 g/mol. The van der Waals surface area contributed by atoms with Gasteiger partial charge in [0.05, 0.1) is 7.18 Å². The molecule has 0 nitrogen and oxygen atoms in total. The highest BCUT2D eigenvalue weighted by molar-refractivity contribution is 5.25. The average molecular weight is 156 g/mol. The van der Waals surface area contributed by atoms with Crippen molar-refractivity contribution in [3.05, 3.63) is 36.0 Å². The summed E-state index contributed by atoms with van der Waals surface area (Å²) in [5, 5.41) is 0. The number of hydrogen-bond donors (Lipinski definition) is 0. The van der Waals surface area contributed by atoms with Gasteiger partial charge in [0, 0.05) is 0 Å². The topological polar surface area (TPSA) is 0 Å². The first-order chi connectivity index (χ1) is 5.20. The van der Waals surface area contributed by atoms with Crippen molar-refractivity contribution in [3.8, 4) is 0 Å². The summed E-state index contributed by atoms with van der Waals surface area (Å²) in [5.41, 5.74) is 2.50. The maximum absolute atomic E-state index is 9.50. The molecule has 0 N–H and O–H groups in total. The molecule has 0 aliphatic rings. The first-order valence-corrected chi connectivity index (χ1v) is 3.52. The second-order valence-electron chi connectivity index (χ2n) is 2.13. The number of allylic oxidation sites excluding steroid dienone is 5. The molecule has 0 saturated carbocycles. The van der Waals surface area contributed by atoms with Gasteiger partial charge in [0.15, 0.2) is 0 Å². The summed E-state index contributed by atoms with van der Waals surface area (Å²) < 4.78 is 9.50. The third-order valence-corrected chi connectivity index (χ3v) is 1.23. The number of halogens is 1. The van der Waals surface area contributed by atoms with Crippen molar-refractivity contribution in [2.45, 2.75) is 20.8 Å². The molecule has 0 rings (SSSR count). The maximum Gasteiger partial charge on any atom is 0.0785 e. The van der Waals surface area contributed by atoms with E-state index < -0.39 is 0 Å². The molecule has 0 aromatic carbocycles. The van der Waals surface area contributed by atoms with Gasteiger partial charge in [-0.1, -0.05) is 36.0 Å². The molecule has 1 heteroatoms. The van der Waals surface area contributed by atoms with E-state index in [1.165, 1.54) is 11.1 Å². The highest BCUT2D eigenvalue weighted by Crippen LogP contribution is 2.00. The molecule has 0 fully saturated rings. The van der Waals surface area contributed by atoms with Crippen LogP contribution >= 0.6 is 0 Å². The Bertz CT molecular complexity index is 152. The summed E-state index contributed by atoms with van der Waals surface area (Å²) in [6.45, 7) is 9.80. The number of rotatable bonds is 2. The Morgan fingerprint density at radius 1 is 1.18 bits per heavy atom. The van der Waals surface area contributed by atoms with Crippen LogP contribution in [0, 0.1) is 0 Å². The zero-order chi connectivity index (χ0) is 9.28. The molecule has 0 aliphatic carbocycles. The van der Waals surface area contributed by atoms with E-state index in [1.807, 2.05) is 19.9 Å². The Labute approximate surface area is 69.1 Å². The van der Waals surface area contributed by atoms with Gasteiger partial charge in [-0.3, -0.25) is 4.39 Å². The Balaban J connectivity index is 0. The summed E-state index contributed by atoms with van der Waals surface area (Å²) in [6.07, 6.45) is 6.03. The largest absolute Gasteiger partial charge is 0.255 e. The Morgan fingerprint density at radius 2 is 1.64 bits per heavy atom. The fourth-order valence-corrected chi connectivity index (χ4v) is 0.501. The molecule has 0 saturated heterocycles. The van der Waals surface area contributed by atoms with E-state index in [0.717, 1.165) is 0 Å². The van der Waals surface area contributed by atoms with E-state index in [-0.39, 0.29) is 0 Å². The number of alkyl halides is 1. The fraction of sp³-hybridized carbons (Fsp3) is 0.400. The first kappa shape index (κ1) is 12.8. The van der Waals surface area contributed by atoms with Crippen LogP contribution in [0.3, 0.4) is 0 Å². The number of hydrogen-bond acceptors (Lipinski definition) is 0. The second kappa shape index (κ2) is 9.15. The highest BCUT2D eigenvalue weighted by atomic mass is 19.1. The van der Waals surface area contributed by atoms with Crippen molar-refractivity contribution < 1.29 is 4.39 Å². The van der Waals surface area contributed by atoms with E-state index in [9.17, 15) is 4.39 Å². The standard InChI is InChI=1S/C9H14.CH3F/c1-5-8(3)7-9(4)6-2;1-2/h5-7H,1H2,2-4H3;1H3/b8-7-,9-6-;. The molecule has 0 unspecified atom stereocenters. The van der Waals surface area contributed by atoms with Crippen molar-refractivity contribution in [2.24, 2.45) is 0 Å². The van der Waals surface area contributed by atoms with Crippen molar-refractivity contribution in [2.75, 3.05) is 7.18 Å². The molecule has 11 heavy (non-hydrogen) atoms. The van der Waals surface area contributed by atoms with Crippen LogP contribution in [-0.4, -0.2) is 7.18 Å². The van der Waals surface area contributed by atoms with Crippen LogP contribution in [0.2, 0.25) is 0 Å². The predicted octanol–water partition coefficient (Wildman–Crippen LogP) is 3.67. The second-order valence-corrected chi connectivity index (χ2v) is 2.13. The smallest absolute Gasteiger partial charge is 0.0785 e. The van der Waals surface area contributed by atoms with Crippen LogP contribution in [-0.2, 0) is 0 Å².